The molecule has 0 saturated carbocycles. The summed E-state index contributed by atoms with van der Waals surface area (Å²) in [7, 11) is 2.03. The molecule has 0 aliphatic rings. The van der Waals surface area contributed by atoms with Crippen molar-refractivity contribution in [2.24, 2.45) is 0 Å². The highest BCUT2D eigenvalue weighted by atomic mass is 127. The zero-order valence-corrected chi connectivity index (χ0v) is 16.0. The van der Waals surface area contributed by atoms with E-state index in [-0.39, 0.29) is 5.41 Å². The molecule has 1 nitrogen and oxygen atoms in total. The predicted molar refractivity (Wildman–Crippen MR) is 111 cm³/mol. The van der Waals surface area contributed by atoms with Crippen LogP contribution in [0, 0.1) is 0 Å². The minimum atomic E-state index is -0.187. The molecule has 2 heteroatoms. The summed E-state index contributed by atoms with van der Waals surface area (Å²) in [6.07, 6.45) is 0. The fourth-order valence-electron chi connectivity index (χ4n) is 3.48. The van der Waals surface area contributed by atoms with Gasteiger partial charge in [-0.15, -0.1) is 0 Å². The molecule has 0 heterocycles. The molecule has 0 fully saturated rings. The lowest BCUT2D eigenvalue weighted by Crippen LogP contribution is -2.43. The van der Waals surface area contributed by atoms with Gasteiger partial charge in [-0.3, -0.25) is 0 Å². The molecular formula is C22H22IN. The second-order valence-corrected chi connectivity index (χ2v) is 7.43. The zero-order valence-electron chi connectivity index (χ0n) is 13.8. The lowest BCUT2D eigenvalue weighted by Gasteiger charge is -2.40. The molecule has 3 rings (SSSR count). The Morgan fingerprint density at radius 2 is 1.04 bits per heavy atom. The second kappa shape index (κ2) is 7.95. The van der Waals surface area contributed by atoms with Crippen LogP contribution in [-0.2, 0) is 5.41 Å². The third kappa shape index (κ3) is 3.13. The van der Waals surface area contributed by atoms with Crippen LogP contribution in [-0.4, -0.2) is 17.5 Å². The third-order valence-electron chi connectivity index (χ3n) is 4.54. The van der Waals surface area contributed by atoms with Crippen molar-refractivity contribution < 1.29 is 0 Å². The first-order valence-corrected chi connectivity index (χ1v) is 9.50. The molecule has 24 heavy (non-hydrogen) atoms. The van der Waals surface area contributed by atoms with Gasteiger partial charge in [0.25, 0.3) is 0 Å². The highest BCUT2D eigenvalue weighted by Gasteiger charge is 2.42. The van der Waals surface area contributed by atoms with Gasteiger partial charge in [0.05, 0.1) is 5.41 Å². The van der Waals surface area contributed by atoms with E-state index in [9.17, 15) is 0 Å². The van der Waals surface area contributed by atoms with E-state index in [1.54, 1.807) is 0 Å². The van der Waals surface area contributed by atoms with Crippen molar-refractivity contribution in [3.63, 3.8) is 0 Å². The Morgan fingerprint density at radius 1 is 0.708 bits per heavy atom. The molecular weight excluding hydrogens is 405 g/mol. The summed E-state index contributed by atoms with van der Waals surface area (Å²) in [5.74, 6) is 0. The van der Waals surface area contributed by atoms with Crippen molar-refractivity contribution >= 4 is 22.6 Å². The van der Waals surface area contributed by atoms with E-state index >= 15 is 0 Å². The van der Waals surface area contributed by atoms with Crippen molar-refractivity contribution in [2.75, 3.05) is 13.6 Å². The van der Waals surface area contributed by atoms with Gasteiger partial charge in [0, 0.05) is 10.5 Å². The average molecular weight is 427 g/mol. The lowest BCUT2D eigenvalue weighted by molar-refractivity contribution is 0.572. The molecule has 0 bridgehead atoms. The van der Waals surface area contributed by atoms with Gasteiger partial charge >= 0.3 is 0 Å². The number of benzene rings is 3. The summed E-state index contributed by atoms with van der Waals surface area (Å²) >= 11 is 2.60. The Morgan fingerprint density at radius 3 is 1.33 bits per heavy atom. The summed E-state index contributed by atoms with van der Waals surface area (Å²) in [6.45, 7) is 0.930. The van der Waals surface area contributed by atoms with Crippen LogP contribution in [0.2, 0.25) is 0 Å². The molecule has 1 atom stereocenters. The smallest absolute Gasteiger partial charge is 0.0580 e. The van der Waals surface area contributed by atoms with Gasteiger partial charge in [-0.1, -0.05) is 114 Å². The van der Waals surface area contributed by atoms with E-state index in [1.165, 1.54) is 16.7 Å². The SMILES string of the molecule is CNCC(I)C(c1ccccc1)(c1ccccc1)c1ccccc1. The summed E-state index contributed by atoms with van der Waals surface area (Å²) < 4.78 is 0.368. The van der Waals surface area contributed by atoms with Gasteiger partial charge in [0.15, 0.2) is 0 Å². The maximum absolute atomic E-state index is 3.37. The standard InChI is InChI=1S/C22H22IN/c1-24-17-21(23)22(18-11-5-2-6-12-18,19-13-7-3-8-14-19)20-15-9-4-10-16-20/h2-16,21,24H,17H2,1H3. The first-order valence-electron chi connectivity index (χ1n) is 8.25. The molecule has 1 N–H and O–H groups in total. The summed E-state index contributed by atoms with van der Waals surface area (Å²) in [5.41, 5.74) is 3.80. The Kier molecular flexibility index (Phi) is 5.69. The zero-order chi connectivity index (χ0) is 16.8. The minimum absolute atomic E-state index is 0.187. The van der Waals surface area contributed by atoms with Crippen LogP contribution >= 0.6 is 22.6 Å². The maximum Gasteiger partial charge on any atom is 0.0580 e. The average Bonchev–Trinajstić information content (AvgIpc) is 2.65. The molecule has 0 radical (unpaired) electrons. The molecule has 3 aromatic rings. The second-order valence-electron chi connectivity index (χ2n) is 5.93. The Bertz CT molecular complexity index is 644. The quantitative estimate of drug-likeness (QED) is 0.330. The van der Waals surface area contributed by atoms with E-state index in [0.29, 0.717) is 3.92 Å². The van der Waals surface area contributed by atoms with E-state index in [0.717, 1.165) is 6.54 Å². The summed E-state index contributed by atoms with van der Waals surface area (Å²) in [4.78, 5) is 0. The third-order valence-corrected chi connectivity index (χ3v) is 5.92. The molecule has 3 aromatic carbocycles. The number of nitrogens with one attached hydrogen (secondary N) is 1. The Hall–Kier alpha value is -1.65. The van der Waals surface area contributed by atoms with E-state index in [4.69, 9.17) is 0 Å². The molecule has 122 valence electrons. The fourth-order valence-corrected chi connectivity index (χ4v) is 5.00. The normalized spacial score (nSPS) is 12.8. The number of alkyl halides is 1. The monoisotopic (exact) mass is 427 g/mol. The first-order chi connectivity index (χ1) is 11.8. The molecule has 0 spiro atoms. The maximum atomic E-state index is 3.37. The van der Waals surface area contributed by atoms with Crippen LogP contribution in [0.4, 0.5) is 0 Å². The van der Waals surface area contributed by atoms with Crippen molar-refractivity contribution in [1.29, 1.82) is 0 Å². The highest BCUT2D eigenvalue weighted by Crippen LogP contribution is 2.45. The predicted octanol–water partition coefficient (Wildman–Crippen LogP) is 5.04. The number of hydrogen-bond donors (Lipinski definition) is 1. The topological polar surface area (TPSA) is 12.0 Å². The van der Waals surface area contributed by atoms with Gasteiger partial charge in [0.1, 0.15) is 0 Å². The van der Waals surface area contributed by atoms with Crippen LogP contribution in [0.1, 0.15) is 16.7 Å². The summed E-state index contributed by atoms with van der Waals surface area (Å²) in [6, 6.07) is 32.6. The van der Waals surface area contributed by atoms with Crippen molar-refractivity contribution in [3.05, 3.63) is 108 Å². The van der Waals surface area contributed by atoms with E-state index < -0.39 is 0 Å². The summed E-state index contributed by atoms with van der Waals surface area (Å²) in [5, 5.41) is 3.37. The Balaban J connectivity index is 2.33. The molecule has 0 saturated heterocycles. The largest absolute Gasteiger partial charge is 0.319 e. The van der Waals surface area contributed by atoms with Crippen LogP contribution in [0.3, 0.4) is 0 Å². The lowest BCUT2D eigenvalue weighted by atomic mass is 9.67. The molecule has 0 aliphatic carbocycles. The van der Waals surface area contributed by atoms with Gasteiger partial charge in [-0.05, 0) is 23.7 Å². The molecule has 0 aromatic heterocycles. The van der Waals surface area contributed by atoms with Crippen molar-refractivity contribution in [3.8, 4) is 0 Å². The molecule has 0 amide bonds. The van der Waals surface area contributed by atoms with Gasteiger partial charge in [-0.25, -0.2) is 0 Å². The van der Waals surface area contributed by atoms with E-state index in [2.05, 4.69) is 119 Å². The van der Waals surface area contributed by atoms with Crippen LogP contribution in [0.15, 0.2) is 91.0 Å². The molecule has 1 unspecified atom stereocenters. The van der Waals surface area contributed by atoms with Gasteiger partial charge in [0.2, 0.25) is 0 Å². The van der Waals surface area contributed by atoms with Crippen LogP contribution in [0.5, 0.6) is 0 Å². The Labute approximate surface area is 158 Å². The number of rotatable bonds is 6. The first kappa shape index (κ1) is 17.2. The van der Waals surface area contributed by atoms with Crippen molar-refractivity contribution in [1.82, 2.24) is 5.32 Å². The van der Waals surface area contributed by atoms with Crippen molar-refractivity contribution in [2.45, 2.75) is 9.34 Å². The van der Waals surface area contributed by atoms with E-state index in [1.807, 2.05) is 7.05 Å². The highest BCUT2D eigenvalue weighted by molar-refractivity contribution is 14.1. The van der Waals surface area contributed by atoms with Gasteiger partial charge < -0.3 is 5.32 Å². The number of halogens is 1. The molecule has 0 aliphatic heterocycles. The van der Waals surface area contributed by atoms with Crippen LogP contribution in [0.25, 0.3) is 0 Å². The fraction of sp³-hybridized carbons (Fsp3) is 0.182. The number of hydrogen-bond acceptors (Lipinski definition) is 1. The van der Waals surface area contributed by atoms with Crippen LogP contribution < -0.4 is 5.32 Å². The minimum Gasteiger partial charge on any atom is -0.319 e. The van der Waals surface area contributed by atoms with Gasteiger partial charge in [-0.2, -0.15) is 0 Å².